The smallest absolute Gasteiger partial charge is 0.224 e. The third kappa shape index (κ3) is 2.82. The summed E-state index contributed by atoms with van der Waals surface area (Å²) in [5.41, 5.74) is 2.64. The van der Waals surface area contributed by atoms with Gasteiger partial charge in [-0.15, -0.1) is 0 Å². The van der Waals surface area contributed by atoms with Crippen LogP contribution in [0, 0.1) is 0 Å². The first-order chi connectivity index (χ1) is 12.7. The van der Waals surface area contributed by atoms with Crippen molar-refractivity contribution in [3.63, 3.8) is 0 Å². The number of likely N-dealkylation sites (N-methyl/N-ethyl adjacent to an activating group) is 1. The number of nitrogens with zero attached hydrogens (tertiary/aromatic N) is 3. The molecule has 1 amide bonds. The molecule has 2 aromatic heterocycles. The molecule has 6 nitrogen and oxygen atoms in total. The second kappa shape index (κ2) is 6.80. The van der Waals surface area contributed by atoms with Gasteiger partial charge in [0.05, 0.1) is 18.1 Å². The Hall–Kier alpha value is -2.86. The highest BCUT2D eigenvalue weighted by atomic mass is 16.4. The van der Waals surface area contributed by atoms with Crippen LogP contribution in [0.3, 0.4) is 0 Å². The van der Waals surface area contributed by atoms with Crippen LogP contribution in [0.2, 0.25) is 0 Å². The van der Waals surface area contributed by atoms with Crippen molar-refractivity contribution in [1.82, 2.24) is 14.5 Å². The number of aliphatic hydroxyl groups excluding tert-OH is 1. The Balaban J connectivity index is 1.82. The standard InChI is InChI=1S/C20H21N3O3/c1-2-22-11-15(10-18(22)25)23-13-21-19(14-6-4-3-5-7-14)20(23)17-9-8-16(12-24)26-17/h3-9,13,15,24H,2,10-12H2,1H3/t15-/m0/s1. The zero-order chi connectivity index (χ0) is 18.1. The van der Waals surface area contributed by atoms with Crippen LogP contribution in [-0.2, 0) is 11.4 Å². The van der Waals surface area contributed by atoms with Crippen molar-refractivity contribution in [3.8, 4) is 22.7 Å². The van der Waals surface area contributed by atoms with E-state index < -0.39 is 0 Å². The molecule has 1 fully saturated rings. The number of furan rings is 1. The van der Waals surface area contributed by atoms with Gasteiger partial charge >= 0.3 is 0 Å². The van der Waals surface area contributed by atoms with E-state index in [2.05, 4.69) is 4.98 Å². The Kier molecular flexibility index (Phi) is 4.34. The van der Waals surface area contributed by atoms with Gasteiger partial charge in [0, 0.05) is 25.1 Å². The van der Waals surface area contributed by atoms with Gasteiger partial charge in [0.1, 0.15) is 18.1 Å². The van der Waals surface area contributed by atoms with E-state index >= 15 is 0 Å². The first-order valence-electron chi connectivity index (χ1n) is 8.81. The maximum absolute atomic E-state index is 12.2. The van der Waals surface area contributed by atoms with Crippen molar-refractivity contribution in [3.05, 3.63) is 54.6 Å². The van der Waals surface area contributed by atoms with Gasteiger partial charge in [-0.3, -0.25) is 4.79 Å². The first kappa shape index (κ1) is 16.6. The SMILES string of the molecule is CCN1C[C@@H](n2cnc(-c3ccccc3)c2-c2ccc(CO)o2)CC1=O. The number of aromatic nitrogens is 2. The number of benzene rings is 1. The van der Waals surface area contributed by atoms with E-state index in [-0.39, 0.29) is 18.6 Å². The second-order valence-electron chi connectivity index (χ2n) is 6.43. The molecule has 1 saturated heterocycles. The Morgan fingerprint density at radius 2 is 2.04 bits per heavy atom. The van der Waals surface area contributed by atoms with Crippen molar-refractivity contribution >= 4 is 5.91 Å². The molecule has 1 aliphatic heterocycles. The zero-order valence-corrected chi connectivity index (χ0v) is 14.6. The molecule has 3 heterocycles. The number of likely N-dealkylation sites (tertiary alicyclic amines) is 1. The molecule has 0 radical (unpaired) electrons. The third-order valence-electron chi connectivity index (χ3n) is 4.86. The predicted molar refractivity (Wildman–Crippen MR) is 97.2 cm³/mol. The van der Waals surface area contributed by atoms with Crippen molar-refractivity contribution in [2.75, 3.05) is 13.1 Å². The fourth-order valence-electron chi connectivity index (χ4n) is 3.52. The minimum absolute atomic E-state index is 0.0186. The molecule has 26 heavy (non-hydrogen) atoms. The number of carbonyl (C=O) groups excluding carboxylic acids is 1. The molecule has 6 heteroatoms. The molecular weight excluding hydrogens is 330 g/mol. The van der Waals surface area contributed by atoms with E-state index in [9.17, 15) is 9.90 Å². The quantitative estimate of drug-likeness (QED) is 0.767. The number of amides is 1. The summed E-state index contributed by atoms with van der Waals surface area (Å²) in [6.45, 7) is 3.21. The van der Waals surface area contributed by atoms with Crippen molar-refractivity contribution < 1.29 is 14.3 Å². The third-order valence-corrected chi connectivity index (χ3v) is 4.86. The summed E-state index contributed by atoms with van der Waals surface area (Å²) in [7, 11) is 0. The molecule has 0 spiro atoms. The Morgan fingerprint density at radius 3 is 2.69 bits per heavy atom. The van der Waals surface area contributed by atoms with Crippen LogP contribution < -0.4 is 0 Å². The average Bonchev–Trinajstić information content (AvgIpc) is 3.39. The molecule has 1 aliphatic rings. The van der Waals surface area contributed by atoms with Crippen LogP contribution in [0.1, 0.15) is 25.1 Å². The maximum Gasteiger partial charge on any atom is 0.224 e. The minimum Gasteiger partial charge on any atom is -0.457 e. The molecule has 3 aromatic rings. The molecule has 0 aliphatic carbocycles. The van der Waals surface area contributed by atoms with E-state index in [0.29, 0.717) is 31.0 Å². The Morgan fingerprint density at radius 1 is 1.23 bits per heavy atom. The summed E-state index contributed by atoms with van der Waals surface area (Å²) in [6.07, 6.45) is 2.24. The lowest BCUT2D eigenvalue weighted by Crippen LogP contribution is -2.24. The van der Waals surface area contributed by atoms with E-state index in [4.69, 9.17) is 4.42 Å². The van der Waals surface area contributed by atoms with E-state index in [1.165, 1.54) is 0 Å². The Bertz CT molecular complexity index is 914. The lowest BCUT2D eigenvalue weighted by molar-refractivity contribution is -0.127. The van der Waals surface area contributed by atoms with Crippen LogP contribution in [-0.4, -0.2) is 38.6 Å². The summed E-state index contributed by atoms with van der Waals surface area (Å²) in [6, 6.07) is 13.5. The number of carbonyl (C=O) groups is 1. The fourth-order valence-corrected chi connectivity index (χ4v) is 3.52. The maximum atomic E-state index is 12.2. The zero-order valence-electron chi connectivity index (χ0n) is 14.6. The van der Waals surface area contributed by atoms with Crippen LogP contribution >= 0.6 is 0 Å². The second-order valence-corrected chi connectivity index (χ2v) is 6.43. The lowest BCUT2D eigenvalue weighted by Gasteiger charge is -2.16. The molecule has 1 aromatic carbocycles. The van der Waals surface area contributed by atoms with Gasteiger partial charge < -0.3 is 19.0 Å². The largest absolute Gasteiger partial charge is 0.457 e. The van der Waals surface area contributed by atoms with E-state index in [1.54, 1.807) is 12.4 Å². The van der Waals surface area contributed by atoms with Gasteiger partial charge in [-0.25, -0.2) is 4.98 Å². The normalized spacial score (nSPS) is 17.2. The average molecular weight is 351 g/mol. The lowest BCUT2D eigenvalue weighted by atomic mass is 10.1. The molecule has 0 saturated carbocycles. The minimum atomic E-state index is -0.152. The molecule has 0 bridgehead atoms. The highest BCUT2D eigenvalue weighted by Gasteiger charge is 2.32. The van der Waals surface area contributed by atoms with Gasteiger partial charge in [0.2, 0.25) is 5.91 Å². The van der Waals surface area contributed by atoms with E-state index in [1.807, 2.05) is 52.8 Å². The first-order valence-corrected chi connectivity index (χ1v) is 8.81. The number of aliphatic hydroxyl groups is 1. The Labute approximate surface area is 151 Å². The summed E-state index contributed by atoms with van der Waals surface area (Å²) in [5, 5.41) is 9.35. The van der Waals surface area contributed by atoms with Crippen LogP contribution in [0.4, 0.5) is 0 Å². The molecule has 4 rings (SSSR count). The van der Waals surface area contributed by atoms with Crippen molar-refractivity contribution in [2.45, 2.75) is 26.0 Å². The molecule has 0 unspecified atom stereocenters. The highest BCUT2D eigenvalue weighted by molar-refractivity contribution is 5.80. The topological polar surface area (TPSA) is 71.5 Å². The predicted octanol–water partition coefficient (Wildman–Crippen LogP) is 3.10. The number of imidazole rings is 1. The number of rotatable bonds is 5. The summed E-state index contributed by atoms with van der Waals surface area (Å²) >= 11 is 0. The summed E-state index contributed by atoms with van der Waals surface area (Å²) in [4.78, 5) is 18.7. The number of hydrogen-bond acceptors (Lipinski definition) is 4. The van der Waals surface area contributed by atoms with E-state index in [0.717, 1.165) is 17.0 Å². The monoisotopic (exact) mass is 351 g/mol. The van der Waals surface area contributed by atoms with Gasteiger partial charge in [-0.2, -0.15) is 0 Å². The fraction of sp³-hybridized carbons (Fsp3) is 0.300. The molecule has 134 valence electrons. The van der Waals surface area contributed by atoms with Gasteiger partial charge in [-0.05, 0) is 19.1 Å². The van der Waals surface area contributed by atoms with Crippen LogP contribution in [0.5, 0.6) is 0 Å². The number of hydrogen-bond donors (Lipinski definition) is 1. The summed E-state index contributed by atoms with van der Waals surface area (Å²) in [5.74, 6) is 1.31. The summed E-state index contributed by atoms with van der Waals surface area (Å²) < 4.78 is 7.85. The highest BCUT2D eigenvalue weighted by Crippen LogP contribution is 2.36. The molecular formula is C20H21N3O3. The van der Waals surface area contributed by atoms with Crippen LogP contribution in [0.25, 0.3) is 22.7 Å². The van der Waals surface area contributed by atoms with Crippen LogP contribution in [0.15, 0.2) is 53.2 Å². The van der Waals surface area contributed by atoms with Gasteiger partial charge in [0.15, 0.2) is 5.76 Å². The van der Waals surface area contributed by atoms with Crippen molar-refractivity contribution in [1.29, 1.82) is 0 Å². The molecule has 1 N–H and O–H groups in total. The van der Waals surface area contributed by atoms with Gasteiger partial charge in [-0.1, -0.05) is 30.3 Å². The van der Waals surface area contributed by atoms with Gasteiger partial charge in [0.25, 0.3) is 0 Å². The molecule has 1 atom stereocenters. The van der Waals surface area contributed by atoms with Crippen molar-refractivity contribution in [2.24, 2.45) is 0 Å².